The number of nitrogens with two attached hydrogens (primary N) is 1. The van der Waals surface area contributed by atoms with Gasteiger partial charge in [0.15, 0.2) is 5.96 Å². The Bertz CT molecular complexity index is 221. The van der Waals surface area contributed by atoms with Crippen molar-refractivity contribution in [1.29, 1.82) is 0 Å². The maximum absolute atomic E-state index is 5.97. The average molecular weight is 211 g/mol. The van der Waals surface area contributed by atoms with Crippen LogP contribution < -0.4 is 5.73 Å². The first-order valence-corrected chi connectivity index (χ1v) is 6.23. The summed E-state index contributed by atoms with van der Waals surface area (Å²) in [5.41, 5.74) is 5.97. The average Bonchev–Trinajstić information content (AvgIpc) is 2.61. The third-order valence-electron chi connectivity index (χ3n) is 3.72. The standard InChI is InChI=1S/C12H25N3/c1-5-9(4)15-11(8-14-12(15)13)10(6-2)7-3/h9-11H,5-8H2,1-4H3,(H2,13,14). The molecular weight excluding hydrogens is 186 g/mol. The summed E-state index contributed by atoms with van der Waals surface area (Å²) in [5, 5.41) is 0. The molecule has 0 bridgehead atoms. The van der Waals surface area contributed by atoms with Crippen molar-refractivity contribution in [2.24, 2.45) is 16.6 Å². The molecule has 1 rings (SSSR count). The number of nitrogens with zero attached hydrogens (tertiary/aromatic N) is 2. The van der Waals surface area contributed by atoms with Gasteiger partial charge in [0, 0.05) is 6.04 Å². The van der Waals surface area contributed by atoms with Crippen LogP contribution in [0, 0.1) is 5.92 Å². The van der Waals surface area contributed by atoms with Crippen LogP contribution in [0.15, 0.2) is 4.99 Å². The summed E-state index contributed by atoms with van der Waals surface area (Å²) < 4.78 is 0. The molecule has 0 saturated carbocycles. The largest absolute Gasteiger partial charge is 0.370 e. The van der Waals surface area contributed by atoms with E-state index in [0.29, 0.717) is 12.1 Å². The fourth-order valence-corrected chi connectivity index (χ4v) is 2.48. The molecule has 2 unspecified atom stereocenters. The second-order valence-corrected chi connectivity index (χ2v) is 4.51. The zero-order chi connectivity index (χ0) is 11.4. The first-order valence-electron chi connectivity index (χ1n) is 6.23. The van der Waals surface area contributed by atoms with E-state index in [1.54, 1.807) is 0 Å². The van der Waals surface area contributed by atoms with Crippen molar-refractivity contribution in [3.8, 4) is 0 Å². The molecule has 1 aliphatic heterocycles. The molecule has 2 atom stereocenters. The lowest BCUT2D eigenvalue weighted by Crippen LogP contribution is -2.49. The second kappa shape index (κ2) is 5.38. The van der Waals surface area contributed by atoms with E-state index < -0.39 is 0 Å². The Morgan fingerprint density at radius 3 is 2.40 bits per heavy atom. The van der Waals surface area contributed by atoms with Crippen LogP contribution in [0.25, 0.3) is 0 Å². The molecule has 0 amide bonds. The highest BCUT2D eigenvalue weighted by molar-refractivity contribution is 5.80. The number of guanidine groups is 1. The Kier molecular flexibility index (Phi) is 4.43. The smallest absolute Gasteiger partial charge is 0.191 e. The quantitative estimate of drug-likeness (QED) is 0.757. The molecule has 88 valence electrons. The molecule has 1 aliphatic rings. The van der Waals surface area contributed by atoms with Gasteiger partial charge in [-0.25, -0.2) is 0 Å². The Morgan fingerprint density at radius 2 is 1.93 bits per heavy atom. The highest BCUT2D eigenvalue weighted by Gasteiger charge is 2.33. The summed E-state index contributed by atoms with van der Waals surface area (Å²) in [6, 6.07) is 1.05. The van der Waals surface area contributed by atoms with Gasteiger partial charge in [0.1, 0.15) is 0 Å². The molecule has 0 aromatic carbocycles. The first kappa shape index (κ1) is 12.3. The monoisotopic (exact) mass is 211 g/mol. The second-order valence-electron chi connectivity index (χ2n) is 4.51. The van der Waals surface area contributed by atoms with Crippen molar-refractivity contribution >= 4 is 5.96 Å². The number of aliphatic imine (C=N–C) groups is 1. The van der Waals surface area contributed by atoms with Gasteiger partial charge in [-0.2, -0.15) is 0 Å². The molecule has 3 nitrogen and oxygen atoms in total. The molecule has 2 N–H and O–H groups in total. The van der Waals surface area contributed by atoms with Gasteiger partial charge in [-0.15, -0.1) is 0 Å². The Morgan fingerprint density at radius 1 is 1.33 bits per heavy atom. The van der Waals surface area contributed by atoms with Gasteiger partial charge in [0.05, 0.1) is 12.6 Å². The lowest BCUT2D eigenvalue weighted by molar-refractivity contribution is 0.193. The van der Waals surface area contributed by atoms with Crippen molar-refractivity contribution in [1.82, 2.24) is 4.90 Å². The zero-order valence-electron chi connectivity index (χ0n) is 10.5. The van der Waals surface area contributed by atoms with Crippen molar-refractivity contribution in [2.45, 2.75) is 59.0 Å². The summed E-state index contributed by atoms with van der Waals surface area (Å²) in [7, 11) is 0. The first-order chi connectivity index (χ1) is 7.15. The van der Waals surface area contributed by atoms with E-state index in [0.717, 1.165) is 24.8 Å². The minimum atomic E-state index is 0.516. The highest BCUT2D eigenvalue weighted by Crippen LogP contribution is 2.25. The van der Waals surface area contributed by atoms with E-state index >= 15 is 0 Å². The van der Waals surface area contributed by atoms with E-state index in [1.165, 1.54) is 12.8 Å². The highest BCUT2D eigenvalue weighted by atomic mass is 15.3. The zero-order valence-corrected chi connectivity index (χ0v) is 10.5. The molecular formula is C12H25N3. The maximum atomic E-state index is 5.97. The summed E-state index contributed by atoms with van der Waals surface area (Å²) >= 11 is 0. The number of hydrogen-bond donors (Lipinski definition) is 1. The molecule has 1 heterocycles. The van der Waals surface area contributed by atoms with Gasteiger partial charge in [0.25, 0.3) is 0 Å². The summed E-state index contributed by atoms with van der Waals surface area (Å²) in [5.74, 6) is 1.48. The van der Waals surface area contributed by atoms with E-state index in [4.69, 9.17) is 5.73 Å². The molecule has 0 aliphatic carbocycles. The van der Waals surface area contributed by atoms with Crippen LogP contribution in [0.2, 0.25) is 0 Å². The summed E-state index contributed by atoms with van der Waals surface area (Å²) in [6.45, 7) is 9.86. The van der Waals surface area contributed by atoms with Gasteiger partial charge in [-0.3, -0.25) is 4.99 Å². The van der Waals surface area contributed by atoms with Crippen LogP contribution in [0.4, 0.5) is 0 Å². The van der Waals surface area contributed by atoms with Crippen molar-refractivity contribution in [2.75, 3.05) is 6.54 Å². The van der Waals surface area contributed by atoms with Gasteiger partial charge in [-0.1, -0.05) is 33.6 Å². The molecule has 0 aromatic rings. The molecule has 0 spiro atoms. The molecule has 0 fully saturated rings. The Labute approximate surface area is 93.7 Å². The Hall–Kier alpha value is -0.730. The maximum Gasteiger partial charge on any atom is 0.191 e. The SMILES string of the molecule is CCC(CC)C1CN=C(N)N1C(C)CC. The summed E-state index contributed by atoms with van der Waals surface area (Å²) in [4.78, 5) is 6.74. The van der Waals surface area contributed by atoms with Gasteiger partial charge in [-0.05, 0) is 19.3 Å². The van der Waals surface area contributed by atoms with E-state index in [9.17, 15) is 0 Å². The normalized spacial score (nSPS) is 23.4. The third-order valence-corrected chi connectivity index (χ3v) is 3.72. The van der Waals surface area contributed by atoms with Crippen LogP contribution in [0.5, 0.6) is 0 Å². The third kappa shape index (κ3) is 2.44. The van der Waals surface area contributed by atoms with E-state index in [2.05, 4.69) is 37.6 Å². The van der Waals surface area contributed by atoms with Crippen molar-refractivity contribution < 1.29 is 0 Å². The predicted octanol–water partition coefficient (Wildman–Crippen LogP) is 2.22. The minimum absolute atomic E-state index is 0.516. The van der Waals surface area contributed by atoms with E-state index in [-0.39, 0.29) is 0 Å². The van der Waals surface area contributed by atoms with Gasteiger partial charge < -0.3 is 10.6 Å². The number of hydrogen-bond acceptors (Lipinski definition) is 3. The van der Waals surface area contributed by atoms with Crippen LogP contribution >= 0.6 is 0 Å². The van der Waals surface area contributed by atoms with Crippen molar-refractivity contribution in [3.63, 3.8) is 0 Å². The van der Waals surface area contributed by atoms with Crippen LogP contribution in [-0.2, 0) is 0 Å². The topological polar surface area (TPSA) is 41.6 Å². The fourth-order valence-electron chi connectivity index (χ4n) is 2.48. The summed E-state index contributed by atoms with van der Waals surface area (Å²) in [6.07, 6.45) is 3.57. The predicted molar refractivity (Wildman–Crippen MR) is 65.9 cm³/mol. The lowest BCUT2D eigenvalue weighted by atomic mass is 9.92. The van der Waals surface area contributed by atoms with E-state index in [1.807, 2.05) is 0 Å². The van der Waals surface area contributed by atoms with Crippen LogP contribution in [0.3, 0.4) is 0 Å². The molecule has 0 saturated heterocycles. The minimum Gasteiger partial charge on any atom is -0.370 e. The van der Waals surface area contributed by atoms with Gasteiger partial charge in [0.2, 0.25) is 0 Å². The molecule has 15 heavy (non-hydrogen) atoms. The number of rotatable bonds is 5. The molecule has 0 radical (unpaired) electrons. The molecule has 3 heteroatoms. The van der Waals surface area contributed by atoms with Crippen molar-refractivity contribution in [3.05, 3.63) is 0 Å². The van der Waals surface area contributed by atoms with Crippen LogP contribution in [0.1, 0.15) is 47.0 Å². The van der Waals surface area contributed by atoms with Gasteiger partial charge >= 0.3 is 0 Å². The Balaban J connectivity index is 2.74. The molecule has 0 aromatic heterocycles. The lowest BCUT2D eigenvalue weighted by Gasteiger charge is -2.35. The van der Waals surface area contributed by atoms with Crippen LogP contribution in [-0.4, -0.2) is 29.5 Å². The fraction of sp³-hybridized carbons (Fsp3) is 0.917.